The molecule has 1 aliphatic rings. The zero-order chi connectivity index (χ0) is 13.0. The molecule has 2 rings (SSSR count). The lowest BCUT2D eigenvalue weighted by atomic mass is 9.70. The maximum atomic E-state index is 11.9. The van der Waals surface area contributed by atoms with Gasteiger partial charge < -0.3 is 11.1 Å². The zero-order valence-electron chi connectivity index (χ0n) is 10.6. The molecule has 0 unspecified atom stereocenters. The first-order valence-electron chi connectivity index (χ1n) is 6.20. The third kappa shape index (κ3) is 3.12. The van der Waals surface area contributed by atoms with Gasteiger partial charge in [-0.05, 0) is 30.4 Å². The highest BCUT2D eigenvalue weighted by Crippen LogP contribution is 2.39. The summed E-state index contributed by atoms with van der Waals surface area (Å²) in [4.78, 5) is 13.6. The second kappa shape index (κ2) is 5.55. The molecule has 1 heterocycles. The van der Waals surface area contributed by atoms with Gasteiger partial charge in [-0.1, -0.05) is 25.2 Å². The Hall–Kier alpha value is -1.31. The summed E-state index contributed by atoms with van der Waals surface area (Å²) in [5.41, 5.74) is 5.63. The van der Waals surface area contributed by atoms with Crippen molar-refractivity contribution in [3.05, 3.63) is 21.9 Å². The number of hydrogen-bond acceptors (Lipinski definition) is 3. The van der Waals surface area contributed by atoms with Crippen molar-refractivity contribution in [3.8, 4) is 11.8 Å². The first-order chi connectivity index (χ1) is 8.63. The van der Waals surface area contributed by atoms with Crippen LogP contribution in [0.1, 0.15) is 40.7 Å². The fourth-order valence-corrected chi connectivity index (χ4v) is 2.80. The lowest BCUT2D eigenvalue weighted by molar-refractivity contribution is 0.0895. The van der Waals surface area contributed by atoms with Gasteiger partial charge in [-0.15, -0.1) is 11.3 Å². The van der Waals surface area contributed by atoms with Crippen LogP contribution in [0, 0.1) is 17.3 Å². The topological polar surface area (TPSA) is 55.1 Å². The third-order valence-corrected chi connectivity index (χ3v) is 4.38. The van der Waals surface area contributed by atoms with Crippen molar-refractivity contribution < 1.29 is 4.79 Å². The summed E-state index contributed by atoms with van der Waals surface area (Å²) in [6, 6.07) is 3.69. The van der Waals surface area contributed by atoms with Crippen LogP contribution in [0.4, 0.5) is 0 Å². The lowest BCUT2D eigenvalue weighted by Crippen LogP contribution is -2.39. The van der Waals surface area contributed by atoms with E-state index in [2.05, 4.69) is 24.1 Å². The summed E-state index contributed by atoms with van der Waals surface area (Å²) >= 11 is 1.42. The van der Waals surface area contributed by atoms with E-state index in [4.69, 9.17) is 5.73 Å². The van der Waals surface area contributed by atoms with Gasteiger partial charge in [0.05, 0.1) is 16.3 Å². The van der Waals surface area contributed by atoms with E-state index < -0.39 is 0 Å². The highest BCUT2D eigenvalue weighted by Gasteiger charge is 2.31. The molecular formula is C14H18N2OS. The van der Waals surface area contributed by atoms with E-state index in [9.17, 15) is 4.79 Å². The monoisotopic (exact) mass is 262 g/mol. The van der Waals surface area contributed by atoms with Gasteiger partial charge in [0.25, 0.3) is 5.91 Å². The van der Waals surface area contributed by atoms with Crippen molar-refractivity contribution in [1.29, 1.82) is 0 Å². The van der Waals surface area contributed by atoms with Gasteiger partial charge in [0.2, 0.25) is 0 Å². The Morgan fingerprint density at radius 1 is 1.56 bits per heavy atom. The van der Waals surface area contributed by atoms with Crippen LogP contribution in [0.25, 0.3) is 0 Å². The van der Waals surface area contributed by atoms with Crippen LogP contribution in [0.15, 0.2) is 12.1 Å². The summed E-state index contributed by atoms with van der Waals surface area (Å²) in [5, 5.41) is 3.01. The van der Waals surface area contributed by atoms with Crippen LogP contribution in [-0.2, 0) is 0 Å². The van der Waals surface area contributed by atoms with Gasteiger partial charge in [0.1, 0.15) is 0 Å². The molecule has 3 nitrogen and oxygen atoms in total. The Morgan fingerprint density at radius 3 is 2.94 bits per heavy atom. The molecule has 1 aliphatic carbocycles. The number of amides is 1. The highest BCUT2D eigenvalue weighted by atomic mass is 32.1. The number of nitrogens with two attached hydrogens (primary N) is 1. The maximum Gasteiger partial charge on any atom is 0.261 e. The van der Waals surface area contributed by atoms with E-state index >= 15 is 0 Å². The Morgan fingerprint density at radius 2 is 2.33 bits per heavy atom. The average molecular weight is 262 g/mol. The van der Waals surface area contributed by atoms with E-state index in [1.807, 2.05) is 12.1 Å². The number of carbonyl (C=O) groups is 1. The molecule has 18 heavy (non-hydrogen) atoms. The highest BCUT2D eigenvalue weighted by molar-refractivity contribution is 7.14. The van der Waals surface area contributed by atoms with E-state index in [1.54, 1.807) is 0 Å². The largest absolute Gasteiger partial charge is 0.351 e. The van der Waals surface area contributed by atoms with Gasteiger partial charge >= 0.3 is 0 Å². The van der Waals surface area contributed by atoms with Crippen molar-refractivity contribution in [1.82, 2.24) is 5.32 Å². The van der Waals surface area contributed by atoms with Gasteiger partial charge in [-0.25, -0.2) is 0 Å². The summed E-state index contributed by atoms with van der Waals surface area (Å²) in [6.45, 7) is 3.34. The molecule has 1 aromatic heterocycles. The number of hydrogen-bond donors (Lipinski definition) is 2. The minimum atomic E-state index is 0.00826. The average Bonchev–Trinajstić information content (AvgIpc) is 2.79. The molecule has 3 N–H and O–H groups in total. The standard InChI is InChI=1S/C14H18N2OS/c1-14(7-3-8-14)10-16-13(17)12-6-5-11(18-12)4-2-9-15/h5-6H,3,7-10,15H2,1H3,(H,16,17). The second-order valence-electron chi connectivity index (χ2n) is 5.02. The zero-order valence-corrected chi connectivity index (χ0v) is 11.4. The van der Waals surface area contributed by atoms with Crippen LogP contribution in [-0.4, -0.2) is 19.0 Å². The molecule has 1 amide bonds. The van der Waals surface area contributed by atoms with Crippen LogP contribution >= 0.6 is 11.3 Å². The maximum absolute atomic E-state index is 11.9. The van der Waals surface area contributed by atoms with Crippen molar-refractivity contribution >= 4 is 17.2 Å². The number of thiophene rings is 1. The second-order valence-corrected chi connectivity index (χ2v) is 6.10. The molecule has 0 bridgehead atoms. The van der Waals surface area contributed by atoms with Crippen molar-refractivity contribution in [2.24, 2.45) is 11.1 Å². The quantitative estimate of drug-likeness (QED) is 0.818. The van der Waals surface area contributed by atoms with Crippen molar-refractivity contribution in [2.75, 3.05) is 13.1 Å². The van der Waals surface area contributed by atoms with E-state index in [1.165, 1.54) is 30.6 Å². The molecule has 0 aromatic carbocycles. The molecule has 0 radical (unpaired) electrons. The van der Waals surface area contributed by atoms with Crippen LogP contribution < -0.4 is 11.1 Å². The number of nitrogens with one attached hydrogen (secondary N) is 1. The molecule has 0 saturated heterocycles. The van der Waals surface area contributed by atoms with Crippen LogP contribution in [0.5, 0.6) is 0 Å². The van der Waals surface area contributed by atoms with Gasteiger partial charge in [-0.2, -0.15) is 0 Å². The minimum absolute atomic E-state index is 0.00826. The SMILES string of the molecule is CC1(CNC(=O)c2ccc(C#CCN)s2)CCC1. The van der Waals surface area contributed by atoms with Crippen molar-refractivity contribution in [2.45, 2.75) is 26.2 Å². The lowest BCUT2D eigenvalue weighted by Gasteiger charge is -2.38. The molecule has 4 heteroatoms. The molecule has 1 aromatic rings. The summed E-state index contributed by atoms with van der Waals surface area (Å²) in [7, 11) is 0. The first-order valence-corrected chi connectivity index (χ1v) is 7.02. The molecule has 0 atom stereocenters. The fraction of sp³-hybridized carbons (Fsp3) is 0.500. The summed E-state index contributed by atoms with van der Waals surface area (Å²) < 4.78 is 0. The van der Waals surface area contributed by atoms with Gasteiger partial charge in [0, 0.05) is 6.54 Å². The molecule has 0 aliphatic heterocycles. The number of rotatable bonds is 3. The van der Waals surface area contributed by atoms with E-state index in [0.717, 1.165) is 16.3 Å². The minimum Gasteiger partial charge on any atom is -0.351 e. The fourth-order valence-electron chi connectivity index (χ4n) is 2.00. The summed E-state index contributed by atoms with van der Waals surface area (Å²) in [5.74, 6) is 5.73. The van der Waals surface area contributed by atoms with Gasteiger partial charge in [-0.3, -0.25) is 4.79 Å². The van der Waals surface area contributed by atoms with Crippen LogP contribution in [0.3, 0.4) is 0 Å². The van der Waals surface area contributed by atoms with E-state index in [0.29, 0.717) is 12.0 Å². The Kier molecular flexibility index (Phi) is 4.05. The Labute approximate surface area is 112 Å². The van der Waals surface area contributed by atoms with Crippen molar-refractivity contribution in [3.63, 3.8) is 0 Å². The van der Waals surface area contributed by atoms with Crippen LogP contribution in [0.2, 0.25) is 0 Å². The smallest absolute Gasteiger partial charge is 0.261 e. The predicted molar refractivity (Wildman–Crippen MR) is 74.5 cm³/mol. The Bertz CT molecular complexity index is 491. The molecular weight excluding hydrogens is 244 g/mol. The first kappa shape index (κ1) is 13.1. The number of carbonyl (C=O) groups excluding carboxylic acids is 1. The van der Waals surface area contributed by atoms with Gasteiger partial charge in [0.15, 0.2) is 0 Å². The van der Waals surface area contributed by atoms with E-state index in [-0.39, 0.29) is 5.91 Å². The Balaban J connectivity index is 1.90. The summed E-state index contributed by atoms with van der Waals surface area (Å²) in [6.07, 6.45) is 3.71. The molecule has 1 saturated carbocycles. The normalized spacial score (nSPS) is 16.3. The molecule has 1 fully saturated rings. The third-order valence-electron chi connectivity index (χ3n) is 3.38. The molecule has 0 spiro atoms. The molecule has 96 valence electrons. The predicted octanol–water partition coefficient (Wildman–Crippen LogP) is 1.98.